The van der Waals surface area contributed by atoms with E-state index in [9.17, 15) is 18.0 Å². The lowest BCUT2D eigenvalue weighted by Gasteiger charge is -2.10. The van der Waals surface area contributed by atoms with Crippen molar-refractivity contribution in [2.24, 2.45) is 0 Å². The van der Waals surface area contributed by atoms with Crippen molar-refractivity contribution in [1.29, 1.82) is 0 Å². The molecule has 0 saturated heterocycles. The summed E-state index contributed by atoms with van der Waals surface area (Å²) < 4.78 is 38.4. The molecule has 0 atom stereocenters. The average molecular weight is 480 g/mol. The highest BCUT2D eigenvalue weighted by Crippen LogP contribution is 2.20. The monoisotopic (exact) mass is 479 g/mol. The molecule has 34 heavy (non-hydrogen) atoms. The van der Waals surface area contributed by atoms with E-state index in [1.807, 2.05) is 13.0 Å². The highest BCUT2D eigenvalue weighted by Gasteiger charge is 2.16. The predicted molar refractivity (Wildman–Crippen MR) is 126 cm³/mol. The van der Waals surface area contributed by atoms with Crippen LogP contribution in [0.3, 0.4) is 0 Å². The van der Waals surface area contributed by atoms with Crippen LogP contribution in [0.4, 0.5) is 5.69 Å². The second-order valence-corrected chi connectivity index (χ2v) is 8.83. The summed E-state index contributed by atoms with van der Waals surface area (Å²) in [5.41, 5.74) is 5.64. The van der Waals surface area contributed by atoms with Crippen LogP contribution in [0.25, 0.3) is 11.0 Å². The summed E-state index contributed by atoms with van der Waals surface area (Å²) in [6, 6.07) is 20.5. The molecule has 9 nitrogen and oxygen atoms in total. The van der Waals surface area contributed by atoms with Crippen molar-refractivity contribution in [3.8, 4) is 5.75 Å². The quantitative estimate of drug-likeness (QED) is 0.347. The Morgan fingerprint density at radius 2 is 1.56 bits per heavy atom. The van der Waals surface area contributed by atoms with Gasteiger partial charge in [0.25, 0.3) is 15.9 Å². The first-order valence-corrected chi connectivity index (χ1v) is 11.8. The molecule has 0 saturated carbocycles. The molecule has 1 heterocycles. The van der Waals surface area contributed by atoms with Gasteiger partial charge in [0.1, 0.15) is 11.3 Å². The molecule has 174 valence electrons. The van der Waals surface area contributed by atoms with Crippen molar-refractivity contribution in [1.82, 2.24) is 10.9 Å². The highest BCUT2D eigenvalue weighted by atomic mass is 32.2. The first kappa shape index (κ1) is 22.9. The Bertz CT molecular complexity index is 1390. The number of furan rings is 1. The average Bonchev–Trinajstić information content (AvgIpc) is 3.28. The van der Waals surface area contributed by atoms with Crippen LogP contribution in [-0.4, -0.2) is 26.8 Å². The molecule has 0 aliphatic carbocycles. The van der Waals surface area contributed by atoms with E-state index >= 15 is 0 Å². The number of ether oxygens (including phenoxy) is 1. The molecule has 0 bridgehead atoms. The van der Waals surface area contributed by atoms with Gasteiger partial charge in [0.15, 0.2) is 5.76 Å². The summed E-state index contributed by atoms with van der Waals surface area (Å²) in [6.45, 7) is 2.32. The Hall–Kier alpha value is -4.31. The molecule has 1 aromatic heterocycles. The Morgan fingerprint density at radius 1 is 0.882 bits per heavy atom. The van der Waals surface area contributed by atoms with E-state index in [-0.39, 0.29) is 21.9 Å². The van der Waals surface area contributed by atoms with E-state index in [4.69, 9.17) is 9.15 Å². The van der Waals surface area contributed by atoms with E-state index in [1.165, 1.54) is 36.4 Å². The highest BCUT2D eigenvalue weighted by molar-refractivity contribution is 7.92. The summed E-state index contributed by atoms with van der Waals surface area (Å²) in [7, 11) is -3.81. The Morgan fingerprint density at radius 3 is 2.24 bits per heavy atom. The third kappa shape index (κ3) is 5.18. The van der Waals surface area contributed by atoms with E-state index < -0.39 is 21.8 Å². The van der Waals surface area contributed by atoms with E-state index in [2.05, 4.69) is 15.6 Å². The fourth-order valence-corrected chi connectivity index (χ4v) is 4.19. The minimum Gasteiger partial charge on any atom is -0.494 e. The van der Waals surface area contributed by atoms with Crippen molar-refractivity contribution < 1.29 is 27.2 Å². The second-order valence-electron chi connectivity index (χ2n) is 7.14. The molecule has 0 radical (unpaired) electrons. The number of anilines is 1. The Labute approximate surface area is 195 Å². The van der Waals surface area contributed by atoms with Gasteiger partial charge < -0.3 is 9.15 Å². The molecule has 4 rings (SSSR count). The first-order valence-electron chi connectivity index (χ1n) is 10.3. The number of sulfonamides is 1. The number of fused-ring (bicyclic) bond motifs is 1. The maximum Gasteiger partial charge on any atom is 0.305 e. The molecule has 0 aliphatic rings. The number of hydrogen-bond acceptors (Lipinski definition) is 6. The van der Waals surface area contributed by atoms with Gasteiger partial charge >= 0.3 is 5.91 Å². The standard InChI is InChI=1S/C24H21N3O6S/c1-2-32-19-11-13-20(14-12-19)34(30,31)27-18-9-7-16(8-10-18)23(28)25-26-24(29)22-15-17-5-3-4-6-21(17)33-22/h3-15,27H,2H2,1H3,(H,25,28)(H,26,29). The van der Waals surface area contributed by atoms with Gasteiger partial charge in [-0.2, -0.15) is 0 Å². The predicted octanol–water partition coefficient (Wildman–Crippen LogP) is 3.71. The zero-order valence-corrected chi connectivity index (χ0v) is 18.9. The van der Waals surface area contributed by atoms with Crippen molar-refractivity contribution in [3.63, 3.8) is 0 Å². The summed E-state index contributed by atoms with van der Waals surface area (Å²) in [6.07, 6.45) is 0. The number of nitrogens with one attached hydrogen (secondary N) is 3. The topological polar surface area (TPSA) is 127 Å². The fourth-order valence-electron chi connectivity index (χ4n) is 3.13. The van der Waals surface area contributed by atoms with Crippen LogP contribution in [0, 0.1) is 0 Å². The van der Waals surface area contributed by atoms with Crippen LogP contribution in [-0.2, 0) is 10.0 Å². The lowest BCUT2D eigenvalue weighted by atomic mass is 10.2. The molecule has 10 heteroatoms. The zero-order chi connectivity index (χ0) is 24.1. The van der Waals surface area contributed by atoms with Crippen LogP contribution in [0.15, 0.2) is 88.2 Å². The number of hydrazine groups is 1. The van der Waals surface area contributed by atoms with Crippen LogP contribution in [0.5, 0.6) is 5.75 Å². The molecule has 3 aromatic carbocycles. The normalized spacial score (nSPS) is 11.1. The fraction of sp³-hybridized carbons (Fsp3) is 0.0833. The summed E-state index contributed by atoms with van der Waals surface area (Å²) in [5.74, 6) is -0.556. The molecule has 0 fully saturated rings. The lowest BCUT2D eigenvalue weighted by Crippen LogP contribution is -2.41. The third-order valence-corrected chi connectivity index (χ3v) is 6.18. The number of benzene rings is 3. The lowest BCUT2D eigenvalue weighted by molar-refractivity contribution is 0.0832. The van der Waals surface area contributed by atoms with Crippen LogP contribution in [0.1, 0.15) is 27.8 Å². The van der Waals surface area contributed by atoms with Gasteiger partial charge in [-0.15, -0.1) is 0 Å². The molecular weight excluding hydrogens is 458 g/mol. The minimum absolute atomic E-state index is 0.0561. The third-order valence-electron chi connectivity index (χ3n) is 4.78. The van der Waals surface area contributed by atoms with Gasteiger partial charge in [-0.1, -0.05) is 18.2 Å². The van der Waals surface area contributed by atoms with Crippen molar-refractivity contribution in [3.05, 3.63) is 90.2 Å². The van der Waals surface area contributed by atoms with Crippen molar-refractivity contribution in [2.45, 2.75) is 11.8 Å². The van der Waals surface area contributed by atoms with Crippen molar-refractivity contribution in [2.75, 3.05) is 11.3 Å². The Balaban J connectivity index is 1.35. The summed E-state index contributed by atoms with van der Waals surface area (Å²) in [5, 5.41) is 0.766. The smallest absolute Gasteiger partial charge is 0.305 e. The number of carbonyl (C=O) groups excluding carboxylic acids is 2. The van der Waals surface area contributed by atoms with Gasteiger partial charge in [0, 0.05) is 16.6 Å². The van der Waals surface area contributed by atoms with Crippen LogP contribution >= 0.6 is 0 Å². The molecule has 3 N–H and O–H groups in total. The van der Waals surface area contributed by atoms with Crippen LogP contribution in [0.2, 0.25) is 0 Å². The van der Waals surface area contributed by atoms with Gasteiger partial charge in [-0.05, 0) is 67.6 Å². The first-order chi connectivity index (χ1) is 16.4. The molecule has 0 aliphatic heterocycles. The van der Waals surface area contributed by atoms with Crippen molar-refractivity contribution >= 4 is 38.5 Å². The van der Waals surface area contributed by atoms with Gasteiger partial charge in [0.2, 0.25) is 0 Å². The summed E-state index contributed by atoms with van der Waals surface area (Å²) in [4.78, 5) is 24.7. The van der Waals surface area contributed by atoms with E-state index in [0.29, 0.717) is 17.9 Å². The molecule has 0 unspecified atom stereocenters. The van der Waals surface area contributed by atoms with Gasteiger partial charge in [-0.3, -0.25) is 25.2 Å². The molecule has 0 spiro atoms. The van der Waals surface area contributed by atoms with E-state index in [1.54, 1.807) is 36.4 Å². The largest absolute Gasteiger partial charge is 0.494 e. The minimum atomic E-state index is -3.81. The number of amides is 2. The SMILES string of the molecule is CCOc1ccc(S(=O)(=O)Nc2ccc(C(=O)NNC(=O)c3cc4ccccc4o3)cc2)cc1. The van der Waals surface area contributed by atoms with Gasteiger partial charge in [0.05, 0.1) is 11.5 Å². The second kappa shape index (κ2) is 9.67. The number of rotatable bonds is 7. The molecule has 4 aromatic rings. The number of hydrogen-bond donors (Lipinski definition) is 3. The maximum atomic E-state index is 12.6. The summed E-state index contributed by atoms with van der Waals surface area (Å²) >= 11 is 0. The molecule has 2 amide bonds. The maximum absolute atomic E-state index is 12.6. The Kier molecular flexibility index (Phi) is 6.51. The van der Waals surface area contributed by atoms with Gasteiger partial charge in [-0.25, -0.2) is 8.42 Å². The number of para-hydroxylation sites is 1. The molecular formula is C24H21N3O6S. The number of carbonyl (C=O) groups is 2. The zero-order valence-electron chi connectivity index (χ0n) is 18.1. The van der Waals surface area contributed by atoms with E-state index in [0.717, 1.165) is 5.39 Å². The van der Waals surface area contributed by atoms with Crippen LogP contribution < -0.4 is 20.3 Å².